The lowest BCUT2D eigenvalue weighted by molar-refractivity contribution is -0.0879. The van der Waals surface area contributed by atoms with Crippen LogP contribution in [-0.2, 0) is 11.3 Å². The largest absolute Gasteiger partial charge is 0.490 e. The molecule has 25 heavy (non-hydrogen) atoms. The van der Waals surface area contributed by atoms with Crippen molar-refractivity contribution < 1.29 is 14.6 Å². The van der Waals surface area contributed by atoms with E-state index >= 15 is 0 Å². The standard InChI is InChI=1S/C21H31NO3/c1-24-21-10-9-17(23)14-20(21)22(12-11-21)15-16-5-4-8-19(13-16)25-18-6-2-3-7-18/h4-5,8,13,17-18,20,23H,2-3,6-7,9-12,14-15H2,1H3/t17-,20+,21-/m1/s1. The summed E-state index contributed by atoms with van der Waals surface area (Å²) in [5.41, 5.74) is 1.24. The van der Waals surface area contributed by atoms with Gasteiger partial charge < -0.3 is 14.6 Å². The molecule has 3 atom stereocenters. The van der Waals surface area contributed by atoms with E-state index < -0.39 is 0 Å². The van der Waals surface area contributed by atoms with Gasteiger partial charge in [0.15, 0.2) is 0 Å². The van der Waals surface area contributed by atoms with Gasteiger partial charge in [-0.05, 0) is 69.1 Å². The molecule has 0 unspecified atom stereocenters. The highest BCUT2D eigenvalue weighted by molar-refractivity contribution is 5.29. The molecule has 0 radical (unpaired) electrons. The molecule has 4 heteroatoms. The zero-order valence-corrected chi connectivity index (χ0v) is 15.3. The molecule has 1 aliphatic heterocycles. The van der Waals surface area contributed by atoms with Crippen LogP contribution in [0.3, 0.4) is 0 Å². The third-order valence-corrected chi connectivity index (χ3v) is 6.56. The van der Waals surface area contributed by atoms with Crippen molar-refractivity contribution >= 4 is 0 Å². The summed E-state index contributed by atoms with van der Waals surface area (Å²) in [6, 6.07) is 8.89. The Hall–Kier alpha value is -1.10. The van der Waals surface area contributed by atoms with Gasteiger partial charge in [-0.25, -0.2) is 0 Å². The SMILES string of the molecule is CO[C@@]12CC[C@@H](O)C[C@@H]1N(Cc1cccc(OC3CCCC3)c1)CC2. The lowest BCUT2D eigenvalue weighted by Gasteiger charge is -2.42. The molecule has 138 valence electrons. The second-order valence-electron chi connectivity index (χ2n) is 8.11. The van der Waals surface area contributed by atoms with Gasteiger partial charge in [0, 0.05) is 26.2 Å². The van der Waals surface area contributed by atoms with Crippen LogP contribution in [-0.4, -0.2) is 47.5 Å². The van der Waals surface area contributed by atoms with Crippen molar-refractivity contribution in [3.8, 4) is 5.75 Å². The molecule has 1 heterocycles. The van der Waals surface area contributed by atoms with Gasteiger partial charge in [0.1, 0.15) is 5.75 Å². The second-order valence-corrected chi connectivity index (χ2v) is 8.11. The summed E-state index contributed by atoms with van der Waals surface area (Å²) in [5.74, 6) is 1.00. The number of hydrogen-bond acceptors (Lipinski definition) is 4. The van der Waals surface area contributed by atoms with E-state index in [4.69, 9.17) is 9.47 Å². The number of methoxy groups -OCH3 is 1. The fourth-order valence-corrected chi connectivity index (χ4v) is 5.11. The molecular formula is C21H31NO3. The number of nitrogens with zero attached hydrogens (tertiary/aromatic N) is 1. The Morgan fingerprint density at radius 3 is 2.84 bits per heavy atom. The molecule has 1 N–H and O–H groups in total. The maximum absolute atomic E-state index is 10.2. The second kappa shape index (κ2) is 7.26. The maximum Gasteiger partial charge on any atom is 0.120 e. The Morgan fingerprint density at radius 2 is 2.04 bits per heavy atom. The first kappa shape index (κ1) is 17.3. The van der Waals surface area contributed by atoms with E-state index in [2.05, 4.69) is 29.2 Å². The average Bonchev–Trinajstić information content (AvgIpc) is 3.24. The van der Waals surface area contributed by atoms with Crippen LogP contribution in [0.5, 0.6) is 5.75 Å². The number of likely N-dealkylation sites (tertiary alicyclic amines) is 1. The fourth-order valence-electron chi connectivity index (χ4n) is 5.11. The Balaban J connectivity index is 1.44. The molecule has 2 aliphatic carbocycles. The Kier molecular flexibility index (Phi) is 5.03. The molecule has 3 fully saturated rings. The smallest absolute Gasteiger partial charge is 0.120 e. The van der Waals surface area contributed by atoms with Crippen molar-refractivity contribution in [3.05, 3.63) is 29.8 Å². The lowest BCUT2D eigenvalue weighted by atomic mass is 9.79. The van der Waals surface area contributed by atoms with E-state index in [0.29, 0.717) is 12.1 Å². The zero-order valence-electron chi connectivity index (χ0n) is 15.3. The summed E-state index contributed by atoms with van der Waals surface area (Å²) >= 11 is 0. The van der Waals surface area contributed by atoms with Crippen LogP contribution >= 0.6 is 0 Å². The van der Waals surface area contributed by atoms with Crippen LogP contribution < -0.4 is 4.74 Å². The molecular weight excluding hydrogens is 314 g/mol. The molecule has 1 aromatic rings. The van der Waals surface area contributed by atoms with E-state index in [1.807, 2.05) is 7.11 Å². The van der Waals surface area contributed by atoms with Gasteiger partial charge in [-0.1, -0.05) is 12.1 Å². The van der Waals surface area contributed by atoms with Crippen molar-refractivity contribution in [1.82, 2.24) is 4.90 Å². The number of hydrogen-bond donors (Lipinski definition) is 1. The highest BCUT2D eigenvalue weighted by Crippen LogP contribution is 2.43. The summed E-state index contributed by atoms with van der Waals surface area (Å²) in [4.78, 5) is 2.50. The molecule has 1 saturated heterocycles. The molecule has 0 aromatic heterocycles. The summed E-state index contributed by atoms with van der Waals surface area (Å²) in [5, 5.41) is 10.2. The average molecular weight is 345 g/mol. The fraction of sp³-hybridized carbons (Fsp3) is 0.714. The molecule has 0 spiro atoms. The van der Waals surface area contributed by atoms with Crippen LogP contribution in [0, 0.1) is 0 Å². The first-order valence-corrected chi connectivity index (χ1v) is 9.91. The van der Waals surface area contributed by atoms with Gasteiger partial charge in [0.25, 0.3) is 0 Å². The zero-order chi connectivity index (χ0) is 17.3. The minimum atomic E-state index is -0.189. The van der Waals surface area contributed by atoms with Crippen LogP contribution in [0.25, 0.3) is 0 Å². The minimum Gasteiger partial charge on any atom is -0.490 e. The number of ether oxygens (including phenoxy) is 2. The predicted molar refractivity (Wildman–Crippen MR) is 97.7 cm³/mol. The topological polar surface area (TPSA) is 41.9 Å². The van der Waals surface area contributed by atoms with Crippen molar-refractivity contribution in [1.29, 1.82) is 0 Å². The Morgan fingerprint density at radius 1 is 1.20 bits per heavy atom. The van der Waals surface area contributed by atoms with E-state index in [0.717, 1.165) is 44.5 Å². The highest BCUT2D eigenvalue weighted by Gasteiger charge is 2.50. The molecule has 0 bridgehead atoms. The Labute approximate surface area is 151 Å². The van der Waals surface area contributed by atoms with Crippen molar-refractivity contribution in [2.75, 3.05) is 13.7 Å². The molecule has 4 nitrogen and oxygen atoms in total. The van der Waals surface area contributed by atoms with Crippen LogP contribution in [0.1, 0.15) is 56.9 Å². The summed E-state index contributed by atoms with van der Waals surface area (Å²) in [7, 11) is 1.84. The van der Waals surface area contributed by atoms with Crippen molar-refractivity contribution in [2.45, 2.75) is 81.8 Å². The maximum atomic E-state index is 10.2. The van der Waals surface area contributed by atoms with Crippen molar-refractivity contribution in [3.63, 3.8) is 0 Å². The number of benzene rings is 1. The first-order chi connectivity index (χ1) is 12.2. The number of aliphatic hydroxyl groups excluding tert-OH is 1. The molecule has 2 saturated carbocycles. The van der Waals surface area contributed by atoms with Gasteiger partial charge in [-0.15, -0.1) is 0 Å². The Bertz CT molecular complexity index is 586. The monoisotopic (exact) mass is 345 g/mol. The van der Waals surface area contributed by atoms with Gasteiger partial charge in [-0.3, -0.25) is 4.90 Å². The lowest BCUT2D eigenvalue weighted by Crippen LogP contribution is -2.51. The van der Waals surface area contributed by atoms with Crippen molar-refractivity contribution in [2.24, 2.45) is 0 Å². The molecule has 1 aromatic carbocycles. The van der Waals surface area contributed by atoms with Gasteiger partial charge in [-0.2, -0.15) is 0 Å². The van der Waals surface area contributed by atoms with Gasteiger partial charge in [0.05, 0.1) is 17.8 Å². The quantitative estimate of drug-likeness (QED) is 0.887. The highest BCUT2D eigenvalue weighted by atomic mass is 16.5. The van der Waals surface area contributed by atoms with E-state index in [-0.39, 0.29) is 11.7 Å². The van der Waals surface area contributed by atoms with E-state index in [9.17, 15) is 5.11 Å². The van der Waals surface area contributed by atoms with E-state index in [1.165, 1.54) is 31.2 Å². The first-order valence-electron chi connectivity index (χ1n) is 9.91. The molecule has 0 amide bonds. The van der Waals surface area contributed by atoms with Gasteiger partial charge >= 0.3 is 0 Å². The third-order valence-electron chi connectivity index (χ3n) is 6.56. The third kappa shape index (κ3) is 3.57. The van der Waals surface area contributed by atoms with Crippen LogP contribution in [0.15, 0.2) is 24.3 Å². The van der Waals surface area contributed by atoms with E-state index in [1.54, 1.807) is 0 Å². The normalized spacial score (nSPS) is 33.5. The number of fused-ring (bicyclic) bond motifs is 1. The molecule has 4 rings (SSSR count). The van der Waals surface area contributed by atoms with Gasteiger partial charge in [0.2, 0.25) is 0 Å². The number of rotatable bonds is 5. The molecule has 3 aliphatic rings. The van der Waals surface area contributed by atoms with Crippen LogP contribution in [0.4, 0.5) is 0 Å². The summed E-state index contributed by atoms with van der Waals surface area (Å²) in [6.07, 6.45) is 8.90. The predicted octanol–water partition coefficient (Wildman–Crippen LogP) is 3.51. The minimum absolute atomic E-state index is 0.0583. The summed E-state index contributed by atoms with van der Waals surface area (Å²) < 4.78 is 12.1. The van der Waals surface area contributed by atoms with Crippen LogP contribution in [0.2, 0.25) is 0 Å². The number of aliphatic hydroxyl groups is 1. The summed E-state index contributed by atoms with van der Waals surface area (Å²) in [6.45, 7) is 1.95.